The third kappa shape index (κ3) is 2.01. The van der Waals surface area contributed by atoms with Crippen LogP contribution >= 0.6 is 11.8 Å². The van der Waals surface area contributed by atoms with Crippen molar-refractivity contribution in [3.05, 3.63) is 0 Å². The molecule has 3 unspecified atom stereocenters. The van der Waals surface area contributed by atoms with E-state index in [1.165, 1.54) is 31.7 Å². The molecule has 0 bridgehead atoms. The van der Waals surface area contributed by atoms with Gasteiger partial charge >= 0.3 is 0 Å². The summed E-state index contributed by atoms with van der Waals surface area (Å²) in [5.74, 6) is 1.28. The van der Waals surface area contributed by atoms with E-state index in [1.807, 2.05) is 0 Å². The maximum atomic E-state index is 6.09. The maximum absolute atomic E-state index is 6.09. The lowest BCUT2D eigenvalue weighted by Gasteiger charge is -2.41. The predicted octanol–water partition coefficient (Wildman–Crippen LogP) is 0.845. The van der Waals surface area contributed by atoms with Crippen LogP contribution < -0.4 is 5.73 Å². The molecular weight excluding hydrogens is 218 g/mol. The summed E-state index contributed by atoms with van der Waals surface area (Å²) in [5, 5.41) is 0.693. The van der Waals surface area contributed by atoms with Gasteiger partial charge in [0.15, 0.2) is 0 Å². The number of rotatable bonds is 3. The Morgan fingerprint density at radius 3 is 2.69 bits per heavy atom. The van der Waals surface area contributed by atoms with Crippen molar-refractivity contribution in [2.24, 2.45) is 5.73 Å². The molecule has 0 saturated carbocycles. The molecule has 2 aliphatic heterocycles. The van der Waals surface area contributed by atoms with E-state index in [-0.39, 0.29) is 5.54 Å². The van der Waals surface area contributed by atoms with Crippen molar-refractivity contribution < 1.29 is 0 Å². The molecule has 0 spiro atoms. The van der Waals surface area contributed by atoms with Gasteiger partial charge < -0.3 is 10.6 Å². The van der Waals surface area contributed by atoms with E-state index in [9.17, 15) is 0 Å². The second kappa shape index (κ2) is 4.84. The minimum atomic E-state index is 0.287. The molecule has 4 heteroatoms. The Morgan fingerprint density at radius 1 is 1.50 bits per heavy atom. The zero-order valence-corrected chi connectivity index (χ0v) is 11.6. The predicted molar refractivity (Wildman–Crippen MR) is 72.0 cm³/mol. The van der Waals surface area contributed by atoms with Gasteiger partial charge in [0.05, 0.1) is 0 Å². The monoisotopic (exact) mass is 243 g/mol. The third-order valence-electron chi connectivity index (χ3n) is 4.54. The minimum Gasteiger partial charge on any atom is -0.329 e. The first-order chi connectivity index (χ1) is 7.60. The molecule has 0 radical (unpaired) electrons. The Labute approximate surface area is 104 Å². The second-order valence-corrected chi connectivity index (χ2v) is 6.87. The van der Waals surface area contributed by atoms with Crippen molar-refractivity contribution >= 4 is 11.8 Å². The van der Waals surface area contributed by atoms with Crippen LogP contribution in [0.1, 0.15) is 19.8 Å². The molecule has 2 saturated heterocycles. The van der Waals surface area contributed by atoms with Gasteiger partial charge in [-0.25, -0.2) is 0 Å². The summed E-state index contributed by atoms with van der Waals surface area (Å²) < 4.78 is 0. The highest BCUT2D eigenvalue weighted by molar-refractivity contribution is 8.00. The van der Waals surface area contributed by atoms with Gasteiger partial charge in [-0.15, -0.1) is 0 Å². The van der Waals surface area contributed by atoms with Crippen LogP contribution in [0.25, 0.3) is 0 Å². The van der Waals surface area contributed by atoms with Crippen molar-refractivity contribution in [2.75, 3.05) is 39.5 Å². The Balaban J connectivity index is 2.06. The van der Waals surface area contributed by atoms with E-state index in [0.29, 0.717) is 5.25 Å². The fraction of sp³-hybridized carbons (Fsp3) is 1.00. The number of hydrogen-bond acceptors (Lipinski definition) is 4. The van der Waals surface area contributed by atoms with Crippen LogP contribution in [0.5, 0.6) is 0 Å². The molecule has 0 aromatic carbocycles. The van der Waals surface area contributed by atoms with Gasteiger partial charge in [0, 0.05) is 36.5 Å². The highest BCUT2D eigenvalue weighted by Crippen LogP contribution is 2.41. The standard InChI is InChI=1S/C12H25N3S/c1-10-12(9-13,5-7-16-10)15-6-4-11(8-15)14(2)3/h10-11H,4-9,13H2,1-3H3. The first-order valence-electron chi connectivity index (χ1n) is 6.33. The summed E-state index contributed by atoms with van der Waals surface area (Å²) in [6, 6.07) is 0.723. The molecule has 0 aromatic rings. The number of thioether (sulfide) groups is 1. The van der Waals surface area contributed by atoms with E-state index < -0.39 is 0 Å². The van der Waals surface area contributed by atoms with Crippen LogP contribution in [-0.2, 0) is 0 Å². The molecule has 0 aliphatic carbocycles. The van der Waals surface area contributed by atoms with Gasteiger partial charge in [0.25, 0.3) is 0 Å². The van der Waals surface area contributed by atoms with Gasteiger partial charge in [-0.2, -0.15) is 11.8 Å². The average Bonchev–Trinajstić information content (AvgIpc) is 2.84. The molecule has 3 nitrogen and oxygen atoms in total. The van der Waals surface area contributed by atoms with Crippen LogP contribution in [0.3, 0.4) is 0 Å². The van der Waals surface area contributed by atoms with E-state index in [1.54, 1.807) is 0 Å². The zero-order valence-electron chi connectivity index (χ0n) is 10.8. The van der Waals surface area contributed by atoms with E-state index >= 15 is 0 Å². The van der Waals surface area contributed by atoms with Crippen molar-refractivity contribution in [3.63, 3.8) is 0 Å². The van der Waals surface area contributed by atoms with Gasteiger partial charge in [0.2, 0.25) is 0 Å². The highest BCUT2D eigenvalue weighted by Gasteiger charge is 2.46. The topological polar surface area (TPSA) is 32.5 Å². The number of likely N-dealkylation sites (N-methyl/N-ethyl adjacent to an activating group) is 1. The van der Waals surface area contributed by atoms with Crippen molar-refractivity contribution in [2.45, 2.75) is 36.6 Å². The van der Waals surface area contributed by atoms with Crippen molar-refractivity contribution in [3.8, 4) is 0 Å². The summed E-state index contributed by atoms with van der Waals surface area (Å²) in [4.78, 5) is 5.03. The first-order valence-corrected chi connectivity index (χ1v) is 7.38. The minimum absolute atomic E-state index is 0.287. The lowest BCUT2D eigenvalue weighted by molar-refractivity contribution is 0.118. The number of hydrogen-bond donors (Lipinski definition) is 1. The van der Waals surface area contributed by atoms with Gasteiger partial charge in [0.1, 0.15) is 0 Å². The van der Waals surface area contributed by atoms with Crippen LogP contribution in [0.2, 0.25) is 0 Å². The normalized spacial score (nSPS) is 41.1. The molecule has 16 heavy (non-hydrogen) atoms. The molecule has 2 fully saturated rings. The van der Waals surface area contributed by atoms with E-state index in [2.05, 4.69) is 42.6 Å². The van der Waals surface area contributed by atoms with Crippen LogP contribution in [0.4, 0.5) is 0 Å². The van der Waals surface area contributed by atoms with Gasteiger partial charge in [-0.05, 0) is 32.7 Å². The maximum Gasteiger partial charge on any atom is 0.0455 e. The average molecular weight is 243 g/mol. The molecule has 94 valence electrons. The van der Waals surface area contributed by atoms with Crippen LogP contribution in [-0.4, -0.2) is 66.1 Å². The Morgan fingerprint density at radius 2 is 2.25 bits per heavy atom. The van der Waals surface area contributed by atoms with Crippen LogP contribution in [0.15, 0.2) is 0 Å². The Kier molecular flexibility index (Phi) is 3.84. The molecular formula is C12H25N3S. The Hall–Kier alpha value is 0.230. The summed E-state index contributed by atoms with van der Waals surface area (Å²) >= 11 is 2.09. The number of likely N-dealkylation sites (tertiary alicyclic amines) is 1. The largest absolute Gasteiger partial charge is 0.329 e. The third-order valence-corrected chi connectivity index (χ3v) is 5.92. The molecule has 2 N–H and O–H groups in total. The fourth-order valence-electron chi connectivity index (χ4n) is 3.15. The SMILES string of the molecule is CC1SCCC1(CN)N1CCC(N(C)C)C1. The first kappa shape index (κ1) is 12.7. The molecule has 2 aliphatic rings. The summed E-state index contributed by atoms with van der Waals surface area (Å²) in [5.41, 5.74) is 6.38. The van der Waals surface area contributed by atoms with Crippen LogP contribution in [0, 0.1) is 0 Å². The Bertz CT molecular complexity index is 246. The number of nitrogens with zero attached hydrogens (tertiary/aromatic N) is 2. The van der Waals surface area contributed by atoms with E-state index in [0.717, 1.165) is 12.6 Å². The lowest BCUT2D eigenvalue weighted by atomic mass is 9.91. The molecule has 3 atom stereocenters. The number of nitrogens with two attached hydrogens (primary N) is 1. The quantitative estimate of drug-likeness (QED) is 0.796. The second-order valence-electron chi connectivity index (χ2n) is 5.42. The molecule has 2 rings (SSSR count). The van der Waals surface area contributed by atoms with Gasteiger partial charge in [-0.3, -0.25) is 4.90 Å². The smallest absolute Gasteiger partial charge is 0.0455 e. The summed E-state index contributed by atoms with van der Waals surface area (Å²) in [6.45, 7) is 5.61. The lowest BCUT2D eigenvalue weighted by Crippen LogP contribution is -2.57. The fourth-order valence-corrected chi connectivity index (χ4v) is 4.65. The van der Waals surface area contributed by atoms with E-state index in [4.69, 9.17) is 5.73 Å². The zero-order chi connectivity index (χ0) is 11.8. The highest BCUT2D eigenvalue weighted by atomic mass is 32.2. The summed E-state index contributed by atoms with van der Waals surface area (Å²) in [6.07, 6.45) is 2.57. The van der Waals surface area contributed by atoms with Crippen molar-refractivity contribution in [1.82, 2.24) is 9.80 Å². The summed E-state index contributed by atoms with van der Waals surface area (Å²) in [7, 11) is 4.38. The molecule has 0 amide bonds. The molecule has 0 aromatic heterocycles. The molecule has 2 heterocycles. The van der Waals surface area contributed by atoms with Gasteiger partial charge in [-0.1, -0.05) is 6.92 Å². The van der Waals surface area contributed by atoms with Crippen molar-refractivity contribution in [1.29, 1.82) is 0 Å².